The molecule has 0 fully saturated rings. The van der Waals surface area contributed by atoms with Crippen LogP contribution >= 0.6 is 11.8 Å². The molecule has 1 aliphatic rings. The summed E-state index contributed by atoms with van der Waals surface area (Å²) in [5, 5.41) is 0. The molecule has 2 rings (SSSR count). The number of amides is 1. The van der Waals surface area contributed by atoms with Gasteiger partial charge in [0.2, 0.25) is 5.91 Å². The maximum absolute atomic E-state index is 12.2. The summed E-state index contributed by atoms with van der Waals surface area (Å²) >= 11 is 1.64. The van der Waals surface area contributed by atoms with Crippen molar-refractivity contribution in [3.05, 3.63) is 24.3 Å². The first-order valence-electron chi connectivity index (χ1n) is 6.35. The predicted molar refractivity (Wildman–Crippen MR) is 75.4 cm³/mol. The molecule has 1 aromatic rings. The molecule has 1 amide bonds. The maximum Gasteiger partial charge on any atom is 0.328 e. The molecule has 0 saturated carbocycles. The van der Waals surface area contributed by atoms with Crippen LogP contribution in [0.3, 0.4) is 0 Å². The highest BCUT2D eigenvalue weighted by Crippen LogP contribution is 2.35. The van der Waals surface area contributed by atoms with Gasteiger partial charge in [0.05, 0.1) is 12.3 Å². The summed E-state index contributed by atoms with van der Waals surface area (Å²) in [4.78, 5) is 26.7. The zero-order valence-electron chi connectivity index (χ0n) is 11.1. The van der Waals surface area contributed by atoms with Crippen molar-refractivity contribution in [1.82, 2.24) is 0 Å². The Labute approximate surface area is 117 Å². The van der Waals surface area contributed by atoms with Gasteiger partial charge < -0.3 is 4.74 Å². The standard InChI is InChI=1S/C14H17NO3S/c1-3-18-14(17)10(2)15-11-6-4-5-7-12(11)19-9-8-13(15)16/h4-7,10H,3,8-9H2,1-2H3/t10-/m0/s1. The fourth-order valence-corrected chi connectivity index (χ4v) is 3.06. The van der Waals surface area contributed by atoms with Crippen molar-refractivity contribution in [3.63, 3.8) is 0 Å². The first kappa shape index (κ1) is 13.9. The molecule has 1 aromatic carbocycles. The van der Waals surface area contributed by atoms with Crippen LogP contribution in [0.1, 0.15) is 20.3 Å². The number of benzene rings is 1. The number of carbonyl (C=O) groups is 2. The summed E-state index contributed by atoms with van der Waals surface area (Å²) in [7, 11) is 0. The van der Waals surface area contributed by atoms with E-state index in [4.69, 9.17) is 4.74 Å². The van der Waals surface area contributed by atoms with Crippen LogP contribution in [0.2, 0.25) is 0 Å². The Balaban J connectivity index is 2.36. The van der Waals surface area contributed by atoms with Crippen LogP contribution in [0.25, 0.3) is 0 Å². The second-order valence-electron chi connectivity index (χ2n) is 4.26. The summed E-state index contributed by atoms with van der Waals surface area (Å²) in [5.74, 6) is 0.345. The van der Waals surface area contributed by atoms with Gasteiger partial charge >= 0.3 is 5.97 Å². The van der Waals surface area contributed by atoms with E-state index in [1.165, 1.54) is 0 Å². The number of para-hydroxylation sites is 1. The van der Waals surface area contributed by atoms with E-state index in [0.717, 1.165) is 16.3 Å². The van der Waals surface area contributed by atoms with Gasteiger partial charge in [-0.05, 0) is 26.0 Å². The molecule has 0 radical (unpaired) electrons. The van der Waals surface area contributed by atoms with E-state index in [2.05, 4.69) is 0 Å². The zero-order chi connectivity index (χ0) is 13.8. The summed E-state index contributed by atoms with van der Waals surface area (Å²) in [6, 6.07) is 7.08. The number of nitrogens with zero attached hydrogens (tertiary/aromatic N) is 1. The Bertz CT molecular complexity index is 489. The highest BCUT2D eigenvalue weighted by molar-refractivity contribution is 7.99. The molecule has 0 spiro atoms. The molecule has 1 atom stereocenters. The number of esters is 1. The minimum absolute atomic E-state index is 0.0296. The average Bonchev–Trinajstić information content (AvgIpc) is 2.56. The summed E-state index contributed by atoms with van der Waals surface area (Å²) in [6.07, 6.45) is 0.434. The second kappa shape index (κ2) is 6.10. The number of thioether (sulfide) groups is 1. The Hall–Kier alpha value is -1.49. The first-order valence-corrected chi connectivity index (χ1v) is 7.34. The molecule has 0 unspecified atom stereocenters. The van der Waals surface area contributed by atoms with Crippen LogP contribution in [0.15, 0.2) is 29.2 Å². The third-order valence-electron chi connectivity index (χ3n) is 2.98. The van der Waals surface area contributed by atoms with Crippen LogP contribution in [0, 0.1) is 0 Å². The van der Waals surface area contributed by atoms with E-state index in [9.17, 15) is 9.59 Å². The van der Waals surface area contributed by atoms with Crippen molar-refractivity contribution in [2.45, 2.75) is 31.2 Å². The van der Waals surface area contributed by atoms with Gasteiger partial charge in [0.15, 0.2) is 0 Å². The molecule has 4 nitrogen and oxygen atoms in total. The highest BCUT2D eigenvalue weighted by Gasteiger charge is 2.31. The number of ether oxygens (including phenoxy) is 1. The number of carbonyl (C=O) groups excluding carboxylic acids is 2. The minimum Gasteiger partial charge on any atom is -0.464 e. The van der Waals surface area contributed by atoms with Crippen molar-refractivity contribution in [2.75, 3.05) is 17.3 Å². The normalized spacial score (nSPS) is 16.5. The van der Waals surface area contributed by atoms with E-state index in [1.807, 2.05) is 24.3 Å². The molecule has 0 aliphatic carbocycles. The molecule has 19 heavy (non-hydrogen) atoms. The van der Waals surface area contributed by atoms with E-state index in [-0.39, 0.29) is 11.9 Å². The topological polar surface area (TPSA) is 46.6 Å². The van der Waals surface area contributed by atoms with E-state index in [0.29, 0.717) is 13.0 Å². The van der Waals surface area contributed by atoms with E-state index >= 15 is 0 Å². The van der Waals surface area contributed by atoms with Crippen molar-refractivity contribution in [3.8, 4) is 0 Å². The first-order chi connectivity index (χ1) is 9.15. The molecule has 0 saturated heterocycles. The van der Waals surface area contributed by atoms with Crippen molar-refractivity contribution in [2.24, 2.45) is 0 Å². The molecular weight excluding hydrogens is 262 g/mol. The van der Waals surface area contributed by atoms with Gasteiger partial charge in [-0.1, -0.05) is 12.1 Å². The lowest BCUT2D eigenvalue weighted by atomic mass is 10.2. The maximum atomic E-state index is 12.2. The minimum atomic E-state index is -0.590. The predicted octanol–water partition coefficient (Wildman–Crippen LogP) is 2.47. The van der Waals surface area contributed by atoms with Gasteiger partial charge in [-0.2, -0.15) is 0 Å². The van der Waals surface area contributed by atoms with Crippen molar-refractivity contribution in [1.29, 1.82) is 0 Å². The Morgan fingerprint density at radius 3 is 2.95 bits per heavy atom. The average molecular weight is 279 g/mol. The molecule has 1 heterocycles. The number of anilines is 1. The molecular formula is C14H17NO3S. The lowest BCUT2D eigenvalue weighted by Crippen LogP contribution is -2.44. The number of hydrogen-bond donors (Lipinski definition) is 0. The lowest BCUT2D eigenvalue weighted by Gasteiger charge is -2.27. The van der Waals surface area contributed by atoms with Gasteiger partial charge in [-0.15, -0.1) is 11.8 Å². The summed E-state index contributed by atoms with van der Waals surface area (Å²) in [5.41, 5.74) is 0.801. The van der Waals surface area contributed by atoms with Crippen LogP contribution in [-0.2, 0) is 14.3 Å². The van der Waals surface area contributed by atoms with E-state index < -0.39 is 6.04 Å². The van der Waals surface area contributed by atoms with Gasteiger partial charge in [0.1, 0.15) is 6.04 Å². The van der Waals surface area contributed by atoms with Crippen LogP contribution in [0.4, 0.5) is 5.69 Å². The molecule has 1 aliphatic heterocycles. The fourth-order valence-electron chi connectivity index (χ4n) is 2.07. The highest BCUT2D eigenvalue weighted by atomic mass is 32.2. The van der Waals surface area contributed by atoms with Crippen LogP contribution in [-0.4, -0.2) is 30.3 Å². The van der Waals surface area contributed by atoms with Crippen molar-refractivity contribution >= 4 is 29.3 Å². The molecule has 0 bridgehead atoms. The summed E-state index contributed by atoms with van der Waals surface area (Å²) < 4.78 is 5.02. The Morgan fingerprint density at radius 1 is 1.47 bits per heavy atom. The lowest BCUT2D eigenvalue weighted by molar-refractivity contribution is -0.145. The second-order valence-corrected chi connectivity index (χ2v) is 5.39. The molecule has 102 valence electrons. The Kier molecular flexibility index (Phi) is 4.47. The van der Waals surface area contributed by atoms with Crippen LogP contribution < -0.4 is 4.90 Å². The SMILES string of the molecule is CCOC(=O)[C@H](C)N1C(=O)CCSc2ccccc21. The number of hydrogen-bond acceptors (Lipinski definition) is 4. The zero-order valence-corrected chi connectivity index (χ0v) is 11.9. The van der Waals surface area contributed by atoms with Gasteiger partial charge in [-0.25, -0.2) is 4.79 Å². The largest absolute Gasteiger partial charge is 0.464 e. The fraction of sp³-hybridized carbons (Fsp3) is 0.429. The van der Waals surface area contributed by atoms with Gasteiger partial charge in [-0.3, -0.25) is 9.69 Å². The molecule has 0 N–H and O–H groups in total. The molecule has 0 aromatic heterocycles. The smallest absolute Gasteiger partial charge is 0.328 e. The third kappa shape index (κ3) is 2.92. The molecule has 5 heteroatoms. The van der Waals surface area contributed by atoms with Crippen LogP contribution in [0.5, 0.6) is 0 Å². The number of fused-ring (bicyclic) bond motifs is 1. The van der Waals surface area contributed by atoms with Crippen molar-refractivity contribution < 1.29 is 14.3 Å². The summed E-state index contributed by atoms with van der Waals surface area (Å²) in [6.45, 7) is 3.79. The van der Waals surface area contributed by atoms with Gasteiger partial charge in [0, 0.05) is 17.1 Å². The monoisotopic (exact) mass is 279 g/mol. The Morgan fingerprint density at radius 2 is 2.21 bits per heavy atom. The quantitative estimate of drug-likeness (QED) is 0.797. The number of rotatable bonds is 3. The third-order valence-corrected chi connectivity index (χ3v) is 4.05. The van der Waals surface area contributed by atoms with Gasteiger partial charge in [0.25, 0.3) is 0 Å². The van der Waals surface area contributed by atoms with E-state index in [1.54, 1.807) is 30.5 Å².